The summed E-state index contributed by atoms with van der Waals surface area (Å²) in [6.07, 6.45) is 3.06. The third kappa shape index (κ3) is 50.9. The van der Waals surface area contributed by atoms with Crippen LogP contribution < -0.4 is 0 Å². The van der Waals surface area contributed by atoms with Crippen LogP contribution in [-0.4, -0.2) is 89.3 Å². The van der Waals surface area contributed by atoms with Gasteiger partial charge in [0.2, 0.25) is 0 Å². The monoisotopic (exact) mass is 349 g/mol. The normalized spacial score (nSPS) is 9.36. The number of hydrogen-bond acceptors (Lipinski definition) is 7. The van der Waals surface area contributed by atoms with E-state index in [0.29, 0.717) is 26.2 Å². The van der Waals surface area contributed by atoms with Crippen molar-refractivity contribution in [1.29, 1.82) is 0 Å². The van der Waals surface area contributed by atoms with Gasteiger partial charge < -0.3 is 25.5 Å². The summed E-state index contributed by atoms with van der Waals surface area (Å²) in [6, 6.07) is 0. The molecule has 0 heterocycles. The van der Waals surface area contributed by atoms with E-state index in [1.54, 1.807) is 11.0 Å². The Hall–Kier alpha value is -1.05. The molecule has 0 saturated heterocycles. The van der Waals surface area contributed by atoms with Crippen molar-refractivity contribution in [2.45, 2.75) is 0 Å². The molecule has 0 radical (unpaired) electrons. The third-order valence-corrected chi connectivity index (χ3v) is 1.58. The Kier molecular flexibility index (Phi) is 29.3. The second kappa shape index (κ2) is 22.2. The highest BCUT2D eigenvalue weighted by atomic mass is 32.3. The zero-order valence-electron chi connectivity index (χ0n) is 12.3. The SMILES string of the molecule is C=CCOC=C.O.O=S(=O)(O)O.OCCN(CCO)CCO. The van der Waals surface area contributed by atoms with E-state index in [9.17, 15) is 0 Å². The zero-order chi connectivity index (χ0) is 17.1. The van der Waals surface area contributed by atoms with Crippen molar-refractivity contribution in [3.05, 3.63) is 25.5 Å². The molecule has 136 valence electrons. The molecule has 0 aromatic carbocycles. The van der Waals surface area contributed by atoms with Gasteiger partial charge in [-0.3, -0.25) is 14.0 Å². The highest BCUT2D eigenvalue weighted by Gasteiger charge is 2.00. The smallest absolute Gasteiger partial charge is 0.394 e. The Morgan fingerprint density at radius 3 is 1.41 bits per heavy atom. The van der Waals surface area contributed by atoms with E-state index in [1.165, 1.54) is 6.26 Å². The van der Waals surface area contributed by atoms with E-state index in [4.69, 9.17) is 32.8 Å². The number of nitrogens with zero attached hydrogens (tertiary/aromatic N) is 1. The molecule has 0 saturated carbocycles. The van der Waals surface area contributed by atoms with Gasteiger partial charge in [-0.1, -0.05) is 19.2 Å². The summed E-state index contributed by atoms with van der Waals surface area (Å²) >= 11 is 0. The number of aliphatic hydroxyl groups excluding tert-OH is 3. The summed E-state index contributed by atoms with van der Waals surface area (Å²) in [7, 11) is -4.67. The van der Waals surface area contributed by atoms with Crippen LogP contribution in [-0.2, 0) is 15.1 Å². The molecule has 0 bridgehead atoms. The highest BCUT2D eigenvalue weighted by molar-refractivity contribution is 7.79. The Morgan fingerprint density at radius 1 is 0.955 bits per heavy atom. The third-order valence-electron chi connectivity index (χ3n) is 1.58. The van der Waals surface area contributed by atoms with Gasteiger partial charge in [-0.2, -0.15) is 8.42 Å². The number of hydrogen-bond donors (Lipinski definition) is 5. The second-order valence-electron chi connectivity index (χ2n) is 3.25. The quantitative estimate of drug-likeness (QED) is 0.138. The first-order valence-electron chi connectivity index (χ1n) is 5.84. The molecule has 0 amide bonds. The minimum atomic E-state index is -4.67. The minimum Gasteiger partial charge on any atom is -0.498 e. The van der Waals surface area contributed by atoms with Crippen LogP contribution in [0.5, 0.6) is 0 Å². The van der Waals surface area contributed by atoms with Crippen molar-refractivity contribution in [1.82, 2.24) is 4.90 Å². The molecule has 0 rings (SSSR count). The molecule has 0 atom stereocenters. The van der Waals surface area contributed by atoms with Gasteiger partial charge in [0.15, 0.2) is 0 Å². The fourth-order valence-corrected chi connectivity index (χ4v) is 0.896. The molecule has 0 unspecified atom stereocenters. The number of aliphatic hydroxyl groups is 3. The highest BCUT2D eigenvalue weighted by Crippen LogP contribution is 1.84. The first-order chi connectivity index (χ1) is 9.76. The van der Waals surface area contributed by atoms with Gasteiger partial charge in [0, 0.05) is 19.6 Å². The largest absolute Gasteiger partial charge is 0.498 e. The van der Waals surface area contributed by atoms with E-state index >= 15 is 0 Å². The Balaban J connectivity index is -0.000000117. The van der Waals surface area contributed by atoms with Gasteiger partial charge in [-0.25, -0.2) is 0 Å². The number of ether oxygens (including phenoxy) is 1. The molecule has 0 aliphatic carbocycles. The molecule has 0 aromatic rings. The van der Waals surface area contributed by atoms with Gasteiger partial charge >= 0.3 is 10.4 Å². The lowest BCUT2D eigenvalue weighted by atomic mass is 10.4. The summed E-state index contributed by atoms with van der Waals surface area (Å²) < 4.78 is 36.2. The molecule has 0 aromatic heterocycles. The molecule has 22 heavy (non-hydrogen) atoms. The van der Waals surface area contributed by atoms with Gasteiger partial charge in [0.1, 0.15) is 6.61 Å². The fraction of sp³-hybridized carbons (Fsp3) is 0.636. The molecule has 11 heteroatoms. The maximum Gasteiger partial charge on any atom is 0.394 e. The molecule has 0 aliphatic heterocycles. The van der Waals surface area contributed by atoms with Crippen LogP contribution in [0.25, 0.3) is 0 Å². The first kappa shape index (κ1) is 29.0. The van der Waals surface area contributed by atoms with Gasteiger partial charge in [0.25, 0.3) is 0 Å². The van der Waals surface area contributed by atoms with Crippen molar-refractivity contribution in [2.75, 3.05) is 46.1 Å². The molecule has 0 spiro atoms. The molecule has 7 N–H and O–H groups in total. The molecular formula is C11H27NO9S. The minimum absolute atomic E-state index is 0. The van der Waals surface area contributed by atoms with Crippen molar-refractivity contribution in [2.24, 2.45) is 0 Å². The van der Waals surface area contributed by atoms with Crippen molar-refractivity contribution < 1.29 is 43.1 Å². The topological polar surface area (TPSA) is 179 Å². The predicted octanol–water partition coefficient (Wildman–Crippen LogP) is -1.88. The standard InChI is InChI=1S/C6H15NO3.C5H8O.H2O4S.H2O/c8-4-1-7(2-5-9)3-6-10;1-3-5-6-4-2;1-5(2,3)4;/h8-10H,1-6H2;3-4H,1-2,5H2;(H2,1,2,3,4);1H2. The lowest BCUT2D eigenvalue weighted by molar-refractivity contribution is 0.136. The maximum atomic E-state index is 8.74. The lowest BCUT2D eigenvalue weighted by Gasteiger charge is -2.17. The van der Waals surface area contributed by atoms with E-state index in [-0.39, 0.29) is 25.3 Å². The van der Waals surface area contributed by atoms with E-state index in [1.807, 2.05) is 0 Å². The van der Waals surface area contributed by atoms with Crippen LogP contribution in [0.4, 0.5) is 0 Å². The molecule has 0 aliphatic rings. The van der Waals surface area contributed by atoms with Crippen LogP contribution >= 0.6 is 0 Å². The van der Waals surface area contributed by atoms with Gasteiger partial charge in [0.05, 0.1) is 26.1 Å². The van der Waals surface area contributed by atoms with Crippen molar-refractivity contribution in [3.63, 3.8) is 0 Å². The summed E-state index contributed by atoms with van der Waals surface area (Å²) in [5.41, 5.74) is 0. The average molecular weight is 349 g/mol. The van der Waals surface area contributed by atoms with Crippen LogP contribution in [0.1, 0.15) is 0 Å². The van der Waals surface area contributed by atoms with Crippen molar-refractivity contribution in [3.8, 4) is 0 Å². The summed E-state index contributed by atoms with van der Waals surface area (Å²) in [4.78, 5) is 1.79. The van der Waals surface area contributed by atoms with Gasteiger partial charge in [-0.05, 0) is 0 Å². The average Bonchev–Trinajstić information content (AvgIpc) is 2.36. The Bertz CT molecular complexity index is 291. The molecule has 0 fully saturated rings. The van der Waals surface area contributed by atoms with E-state index in [0.717, 1.165) is 0 Å². The summed E-state index contributed by atoms with van der Waals surface area (Å²) in [5, 5.41) is 25.5. The summed E-state index contributed by atoms with van der Waals surface area (Å²) in [5.74, 6) is 0. The maximum absolute atomic E-state index is 8.74. The van der Waals surface area contributed by atoms with Crippen molar-refractivity contribution >= 4 is 10.4 Å². The Labute approximate surface area is 130 Å². The fourth-order valence-electron chi connectivity index (χ4n) is 0.896. The van der Waals surface area contributed by atoms with E-state index in [2.05, 4.69) is 17.9 Å². The van der Waals surface area contributed by atoms with Gasteiger partial charge in [-0.15, -0.1) is 0 Å². The van der Waals surface area contributed by atoms with Crippen LogP contribution in [0.15, 0.2) is 25.5 Å². The van der Waals surface area contributed by atoms with Crippen LogP contribution in [0, 0.1) is 0 Å². The zero-order valence-corrected chi connectivity index (χ0v) is 13.2. The molecular weight excluding hydrogens is 322 g/mol. The first-order valence-corrected chi connectivity index (χ1v) is 7.24. The number of rotatable bonds is 9. The predicted molar refractivity (Wildman–Crippen MR) is 81.8 cm³/mol. The second-order valence-corrected chi connectivity index (χ2v) is 4.14. The Morgan fingerprint density at radius 2 is 1.27 bits per heavy atom. The summed E-state index contributed by atoms with van der Waals surface area (Å²) in [6.45, 7) is 9.07. The lowest BCUT2D eigenvalue weighted by Crippen LogP contribution is -2.32. The molecule has 10 nitrogen and oxygen atoms in total. The van der Waals surface area contributed by atoms with Crippen LogP contribution in [0.3, 0.4) is 0 Å². The van der Waals surface area contributed by atoms with E-state index < -0.39 is 10.4 Å². The van der Waals surface area contributed by atoms with Crippen LogP contribution in [0.2, 0.25) is 0 Å².